The highest BCUT2D eigenvalue weighted by molar-refractivity contribution is 7.89. The maximum absolute atomic E-state index is 12.1. The van der Waals surface area contributed by atoms with Crippen LogP contribution in [0.15, 0.2) is 0 Å². The molecule has 7 nitrogen and oxygen atoms in total. The Morgan fingerprint density at radius 3 is 2.27 bits per heavy atom. The Morgan fingerprint density at radius 1 is 1.27 bits per heavy atom. The summed E-state index contributed by atoms with van der Waals surface area (Å²) in [6.45, 7) is 2.43. The fourth-order valence-corrected chi connectivity index (χ4v) is 4.25. The molecule has 1 saturated heterocycles. The van der Waals surface area contributed by atoms with E-state index in [1.807, 2.05) is 0 Å². The lowest BCUT2D eigenvalue weighted by atomic mass is 9.66. The molecule has 0 aromatic rings. The van der Waals surface area contributed by atoms with Crippen molar-refractivity contribution < 1.29 is 23.1 Å². The minimum atomic E-state index is -3.17. The topological polar surface area (TPSA) is 104 Å². The van der Waals surface area contributed by atoms with Crippen LogP contribution in [0.1, 0.15) is 45.4 Å². The van der Waals surface area contributed by atoms with E-state index in [9.17, 15) is 23.1 Å². The van der Waals surface area contributed by atoms with E-state index in [1.165, 1.54) is 4.31 Å². The van der Waals surface area contributed by atoms with Crippen molar-refractivity contribution in [2.45, 2.75) is 51.5 Å². The number of sulfonamides is 1. The molecule has 1 aliphatic carbocycles. The maximum Gasteiger partial charge on any atom is 0.310 e. The molecule has 0 spiro atoms. The van der Waals surface area contributed by atoms with Crippen LogP contribution in [0, 0.1) is 5.41 Å². The number of rotatable bonds is 6. The van der Waals surface area contributed by atoms with E-state index in [4.69, 9.17) is 0 Å². The number of aliphatic carboxylic acids is 1. The van der Waals surface area contributed by atoms with Crippen molar-refractivity contribution in [3.05, 3.63) is 0 Å². The van der Waals surface area contributed by atoms with Crippen LogP contribution in [0.3, 0.4) is 0 Å². The van der Waals surface area contributed by atoms with Crippen molar-refractivity contribution in [2.75, 3.05) is 18.8 Å². The first-order valence-corrected chi connectivity index (χ1v) is 9.40. The van der Waals surface area contributed by atoms with Crippen molar-refractivity contribution in [2.24, 2.45) is 5.41 Å². The van der Waals surface area contributed by atoms with E-state index < -0.39 is 21.4 Å². The van der Waals surface area contributed by atoms with Crippen LogP contribution in [0.4, 0.5) is 0 Å². The Balaban J connectivity index is 1.81. The fraction of sp³-hybridized carbons (Fsp3) is 0.857. The van der Waals surface area contributed by atoms with Crippen LogP contribution in [0.25, 0.3) is 0 Å². The molecule has 0 atom stereocenters. The van der Waals surface area contributed by atoms with E-state index in [0.717, 1.165) is 6.42 Å². The summed E-state index contributed by atoms with van der Waals surface area (Å²) >= 11 is 0. The molecule has 22 heavy (non-hydrogen) atoms. The van der Waals surface area contributed by atoms with Gasteiger partial charge >= 0.3 is 5.97 Å². The molecule has 126 valence electrons. The third-order valence-corrected chi connectivity index (χ3v) is 6.72. The summed E-state index contributed by atoms with van der Waals surface area (Å²) in [6, 6.07) is -0.0678. The van der Waals surface area contributed by atoms with Gasteiger partial charge in [-0.15, -0.1) is 0 Å². The number of hydrogen-bond donors (Lipinski definition) is 2. The van der Waals surface area contributed by atoms with Crippen LogP contribution >= 0.6 is 0 Å². The zero-order valence-corrected chi connectivity index (χ0v) is 13.7. The number of carbonyl (C=O) groups is 2. The molecule has 1 saturated carbocycles. The second-order valence-corrected chi connectivity index (χ2v) is 8.51. The number of carboxylic acids is 1. The molecule has 2 aliphatic rings. The van der Waals surface area contributed by atoms with Crippen molar-refractivity contribution in [1.29, 1.82) is 0 Å². The first-order chi connectivity index (χ1) is 10.3. The van der Waals surface area contributed by atoms with Crippen molar-refractivity contribution in [1.82, 2.24) is 9.62 Å². The Labute approximate surface area is 131 Å². The Morgan fingerprint density at radius 2 is 1.86 bits per heavy atom. The Bertz CT molecular complexity index is 533. The molecule has 2 rings (SSSR count). The van der Waals surface area contributed by atoms with Gasteiger partial charge in [0.2, 0.25) is 15.9 Å². The predicted octanol–water partition coefficient (Wildman–Crippen LogP) is 0.562. The molecule has 2 N–H and O–H groups in total. The van der Waals surface area contributed by atoms with Crippen molar-refractivity contribution in [3.8, 4) is 0 Å². The summed E-state index contributed by atoms with van der Waals surface area (Å²) < 4.78 is 25.0. The quantitative estimate of drug-likeness (QED) is 0.740. The molecule has 0 aromatic heterocycles. The normalized spacial score (nSPS) is 22.8. The highest BCUT2D eigenvalue weighted by Crippen LogP contribution is 2.44. The SMILES string of the molecule is CCS(=O)(=O)N1CCC(NC(=O)CC2(C(=O)O)CCC2)CC1. The number of hydrogen-bond acceptors (Lipinski definition) is 4. The molecular formula is C14H24N2O5S. The molecular weight excluding hydrogens is 308 g/mol. The van der Waals surface area contributed by atoms with Gasteiger partial charge in [-0.05, 0) is 32.6 Å². The Kier molecular flexibility index (Phi) is 5.11. The monoisotopic (exact) mass is 332 g/mol. The first kappa shape index (κ1) is 17.2. The molecule has 0 unspecified atom stereocenters. The molecule has 1 amide bonds. The number of carbonyl (C=O) groups excluding carboxylic acids is 1. The van der Waals surface area contributed by atoms with E-state index in [1.54, 1.807) is 6.92 Å². The molecule has 1 heterocycles. The molecule has 1 aliphatic heterocycles. The number of nitrogens with one attached hydrogen (secondary N) is 1. The molecule has 0 radical (unpaired) electrons. The van der Waals surface area contributed by atoms with Crippen LogP contribution < -0.4 is 5.32 Å². The summed E-state index contributed by atoms with van der Waals surface area (Å²) in [5.74, 6) is -1.04. The average Bonchev–Trinajstić information content (AvgIpc) is 2.43. The standard InChI is InChI=1S/C14H24N2O5S/c1-2-22(20,21)16-8-4-11(5-9-16)15-12(17)10-14(13(18)19)6-3-7-14/h11H,2-10H2,1H3,(H,15,17)(H,18,19). The summed E-state index contributed by atoms with van der Waals surface area (Å²) in [5, 5.41) is 12.1. The van der Waals surface area contributed by atoms with Crippen molar-refractivity contribution >= 4 is 21.9 Å². The molecule has 8 heteroatoms. The zero-order chi connectivity index (χ0) is 16.4. The van der Waals surface area contributed by atoms with Crippen LogP contribution in [0.5, 0.6) is 0 Å². The smallest absolute Gasteiger partial charge is 0.310 e. The predicted molar refractivity (Wildman–Crippen MR) is 80.7 cm³/mol. The average molecular weight is 332 g/mol. The van der Waals surface area contributed by atoms with Gasteiger partial charge in [-0.2, -0.15) is 0 Å². The third kappa shape index (κ3) is 3.60. The minimum Gasteiger partial charge on any atom is -0.481 e. The van der Waals surface area contributed by atoms with E-state index in [-0.39, 0.29) is 24.1 Å². The summed E-state index contributed by atoms with van der Waals surface area (Å²) in [7, 11) is -3.17. The van der Waals surface area contributed by atoms with E-state index in [0.29, 0.717) is 38.8 Å². The second kappa shape index (κ2) is 6.54. The summed E-state index contributed by atoms with van der Waals surface area (Å²) in [6.07, 6.45) is 3.14. The third-order valence-electron chi connectivity index (χ3n) is 4.84. The van der Waals surface area contributed by atoms with Gasteiger partial charge in [0, 0.05) is 25.6 Å². The molecule has 0 bridgehead atoms. The van der Waals surface area contributed by atoms with Crippen molar-refractivity contribution in [3.63, 3.8) is 0 Å². The largest absolute Gasteiger partial charge is 0.481 e. The van der Waals surface area contributed by atoms with Gasteiger partial charge in [-0.3, -0.25) is 9.59 Å². The van der Waals surface area contributed by atoms with Gasteiger partial charge < -0.3 is 10.4 Å². The van der Waals surface area contributed by atoms with Crippen LogP contribution in [-0.2, 0) is 19.6 Å². The Hall–Kier alpha value is -1.15. The number of amides is 1. The fourth-order valence-electron chi connectivity index (χ4n) is 3.12. The van der Waals surface area contributed by atoms with Crippen LogP contribution in [-0.4, -0.2) is 54.6 Å². The lowest BCUT2D eigenvalue weighted by Crippen LogP contribution is -2.49. The van der Waals surface area contributed by atoms with Gasteiger partial charge in [-0.25, -0.2) is 12.7 Å². The van der Waals surface area contributed by atoms with E-state index in [2.05, 4.69) is 5.32 Å². The minimum absolute atomic E-state index is 0.0236. The highest BCUT2D eigenvalue weighted by Gasteiger charge is 2.46. The maximum atomic E-state index is 12.1. The van der Waals surface area contributed by atoms with Gasteiger partial charge in [-0.1, -0.05) is 6.42 Å². The van der Waals surface area contributed by atoms with E-state index >= 15 is 0 Å². The number of carboxylic acid groups (broad SMARTS) is 1. The lowest BCUT2D eigenvalue weighted by molar-refractivity contribution is -0.157. The molecule has 2 fully saturated rings. The lowest BCUT2D eigenvalue weighted by Gasteiger charge is -2.38. The van der Waals surface area contributed by atoms with Gasteiger partial charge in [0.05, 0.1) is 11.2 Å². The van der Waals surface area contributed by atoms with Gasteiger partial charge in [0.25, 0.3) is 0 Å². The summed E-state index contributed by atoms with van der Waals surface area (Å²) in [5.41, 5.74) is -0.879. The second-order valence-electron chi connectivity index (χ2n) is 6.26. The summed E-state index contributed by atoms with van der Waals surface area (Å²) in [4.78, 5) is 23.3. The first-order valence-electron chi connectivity index (χ1n) is 7.80. The number of nitrogens with zero attached hydrogens (tertiary/aromatic N) is 1. The van der Waals surface area contributed by atoms with Gasteiger partial charge in [0.1, 0.15) is 0 Å². The zero-order valence-electron chi connectivity index (χ0n) is 12.9. The van der Waals surface area contributed by atoms with Gasteiger partial charge in [0.15, 0.2) is 0 Å². The van der Waals surface area contributed by atoms with Crippen LogP contribution in [0.2, 0.25) is 0 Å². The molecule has 0 aromatic carbocycles. The highest BCUT2D eigenvalue weighted by atomic mass is 32.2. The number of piperidine rings is 1.